The minimum absolute atomic E-state index is 0.379. The fourth-order valence-electron chi connectivity index (χ4n) is 3.09. The monoisotopic (exact) mass is 298 g/mol. The Balaban J connectivity index is 1.84. The predicted octanol–water partition coefficient (Wildman–Crippen LogP) is 3.22. The highest BCUT2D eigenvalue weighted by atomic mass is 16.5. The van der Waals surface area contributed by atoms with Crippen LogP contribution in [-0.2, 0) is 13.0 Å². The number of methoxy groups -OCH3 is 2. The lowest BCUT2D eigenvalue weighted by molar-refractivity contribution is 0.191. The van der Waals surface area contributed by atoms with Crippen LogP contribution in [0.25, 0.3) is 0 Å². The van der Waals surface area contributed by atoms with Crippen molar-refractivity contribution < 1.29 is 9.47 Å². The third-order valence-electron chi connectivity index (χ3n) is 4.48. The van der Waals surface area contributed by atoms with Crippen LogP contribution in [0.2, 0.25) is 0 Å². The first-order chi connectivity index (χ1) is 10.7. The number of aromatic nitrogens is 1. The smallest absolute Gasteiger partial charge is 0.161 e. The summed E-state index contributed by atoms with van der Waals surface area (Å²) in [5.74, 6) is 1.62. The first kappa shape index (κ1) is 14.9. The van der Waals surface area contributed by atoms with E-state index in [2.05, 4.69) is 41.1 Å². The Labute approximate surface area is 131 Å². The number of ether oxygens (including phenoxy) is 2. The largest absolute Gasteiger partial charge is 0.493 e. The van der Waals surface area contributed by atoms with Crippen LogP contribution in [-0.4, -0.2) is 30.6 Å². The van der Waals surface area contributed by atoms with Gasteiger partial charge >= 0.3 is 0 Å². The maximum absolute atomic E-state index is 5.43. The normalized spacial score (nSPS) is 16.0. The van der Waals surface area contributed by atoms with Gasteiger partial charge in [-0.05, 0) is 54.3 Å². The summed E-state index contributed by atoms with van der Waals surface area (Å²) in [5.41, 5.74) is 3.99. The summed E-state index contributed by atoms with van der Waals surface area (Å²) in [5, 5.41) is 0. The molecule has 2 aromatic rings. The molecule has 1 aliphatic rings. The van der Waals surface area contributed by atoms with Gasteiger partial charge < -0.3 is 9.47 Å². The number of hydrogen-bond donors (Lipinski definition) is 0. The molecule has 1 atom stereocenters. The van der Waals surface area contributed by atoms with Crippen LogP contribution >= 0.6 is 0 Å². The molecular formula is C18H22N2O2. The summed E-state index contributed by atoms with van der Waals surface area (Å²) in [6, 6.07) is 8.79. The van der Waals surface area contributed by atoms with Gasteiger partial charge in [0.05, 0.1) is 14.2 Å². The quantitative estimate of drug-likeness (QED) is 0.868. The van der Waals surface area contributed by atoms with Gasteiger partial charge in [0.2, 0.25) is 0 Å². The van der Waals surface area contributed by atoms with Crippen molar-refractivity contribution in [1.29, 1.82) is 0 Å². The Morgan fingerprint density at radius 2 is 1.68 bits per heavy atom. The minimum atomic E-state index is 0.379. The highest BCUT2D eigenvalue weighted by Gasteiger charge is 2.23. The molecule has 2 heterocycles. The Kier molecular flexibility index (Phi) is 4.29. The minimum Gasteiger partial charge on any atom is -0.493 e. The summed E-state index contributed by atoms with van der Waals surface area (Å²) in [4.78, 5) is 6.59. The van der Waals surface area contributed by atoms with E-state index >= 15 is 0 Å². The van der Waals surface area contributed by atoms with Crippen molar-refractivity contribution in [2.24, 2.45) is 0 Å². The van der Waals surface area contributed by atoms with E-state index in [4.69, 9.17) is 9.47 Å². The lowest BCUT2D eigenvalue weighted by Crippen LogP contribution is -2.32. The van der Waals surface area contributed by atoms with Gasteiger partial charge in [-0.3, -0.25) is 9.88 Å². The molecule has 1 aromatic heterocycles. The van der Waals surface area contributed by atoms with Gasteiger partial charge in [-0.1, -0.05) is 0 Å². The van der Waals surface area contributed by atoms with Crippen LogP contribution in [0.4, 0.5) is 0 Å². The molecule has 116 valence electrons. The summed E-state index contributed by atoms with van der Waals surface area (Å²) >= 11 is 0. The average Bonchev–Trinajstić information content (AvgIpc) is 2.60. The first-order valence-corrected chi connectivity index (χ1v) is 7.60. The molecule has 0 amide bonds. The molecule has 0 N–H and O–H groups in total. The van der Waals surface area contributed by atoms with E-state index in [1.54, 1.807) is 14.2 Å². The SMILES string of the molecule is COc1cc2c(cc1OC)CN(C(C)c1ccncc1)CC2. The Hall–Kier alpha value is -2.07. The van der Waals surface area contributed by atoms with E-state index < -0.39 is 0 Å². The molecule has 0 radical (unpaired) electrons. The highest BCUT2D eigenvalue weighted by molar-refractivity contribution is 5.48. The Morgan fingerprint density at radius 3 is 2.32 bits per heavy atom. The number of benzene rings is 1. The molecule has 22 heavy (non-hydrogen) atoms. The van der Waals surface area contributed by atoms with Gasteiger partial charge in [0, 0.05) is 31.5 Å². The van der Waals surface area contributed by atoms with Crippen molar-refractivity contribution in [2.45, 2.75) is 25.9 Å². The standard InChI is InChI=1S/C18H22N2O2/c1-13(14-4-7-19-8-5-14)20-9-6-15-10-17(21-2)18(22-3)11-16(15)12-20/h4-5,7-8,10-11,13H,6,9,12H2,1-3H3. The molecule has 0 bridgehead atoms. The third kappa shape index (κ3) is 2.79. The van der Waals surface area contributed by atoms with E-state index in [0.29, 0.717) is 6.04 Å². The molecule has 0 fully saturated rings. The maximum Gasteiger partial charge on any atom is 0.161 e. The van der Waals surface area contributed by atoms with E-state index in [9.17, 15) is 0 Å². The van der Waals surface area contributed by atoms with E-state index in [0.717, 1.165) is 31.0 Å². The average molecular weight is 298 g/mol. The summed E-state index contributed by atoms with van der Waals surface area (Å²) in [6.07, 6.45) is 4.75. The van der Waals surface area contributed by atoms with Gasteiger partial charge in [-0.2, -0.15) is 0 Å². The van der Waals surface area contributed by atoms with Crippen LogP contribution in [0.5, 0.6) is 11.5 Å². The molecular weight excluding hydrogens is 276 g/mol. The van der Waals surface area contributed by atoms with Crippen molar-refractivity contribution in [3.63, 3.8) is 0 Å². The molecule has 1 unspecified atom stereocenters. The highest BCUT2D eigenvalue weighted by Crippen LogP contribution is 2.35. The third-order valence-corrected chi connectivity index (χ3v) is 4.48. The van der Waals surface area contributed by atoms with Crippen LogP contribution in [0.1, 0.15) is 29.7 Å². The van der Waals surface area contributed by atoms with Crippen molar-refractivity contribution in [1.82, 2.24) is 9.88 Å². The van der Waals surface area contributed by atoms with Crippen LogP contribution in [0, 0.1) is 0 Å². The van der Waals surface area contributed by atoms with Gasteiger partial charge in [0.15, 0.2) is 11.5 Å². The summed E-state index contributed by atoms with van der Waals surface area (Å²) < 4.78 is 10.8. The Morgan fingerprint density at radius 1 is 1.05 bits per heavy atom. The summed E-state index contributed by atoms with van der Waals surface area (Å²) in [6.45, 7) is 4.23. The lowest BCUT2D eigenvalue weighted by Gasteiger charge is -2.34. The summed E-state index contributed by atoms with van der Waals surface area (Å²) in [7, 11) is 3.37. The fraction of sp³-hybridized carbons (Fsp3) is 0.389. The second-order valence-electron chi connectivity index (χ2n) is 5.65. The molecule has 4 heteroatoms. The fourth-order valence-corrected chi connectivity index (χ4v) is 3.09. The molecule has 3 rings (SSSR count). The topological polar surface area (TPSA) is 34.6 Å². The van der Waals surface area contributed by atoms with Gasteiger partial charge in [0.1, 0.15) is 0 Å². The number of fused-ring (bicyclic) bond motifs is 1. The van der Waals surface area contributed by atoms with Crippen molar-refractivity contribution >= 4 is 0 Å². The molecule has 1 aromatic carbocycles. The molecule has 1 aliphatic heterocycles. The maximum atomic E-state index is 5.43. The second-order valence-corrected chi connectivity index (χ2v) is 5.65. The van der Waals surface area contributed by atoms with E-state index in [1.165, 1.54) is 16.7 Å². The zero-order valence-electron chi connectivity index (χ0n) is 13.4. The lowest BCUT2D eigenvalue weighted by atomic mass is 9.96. The van der Waals surface area contributed by atoms with Gasteiger partial charge in [-0.15, -0.1) is 0 Å². The molecule has 4 nitrogen and oxygen atoms in total. The number of pyridine rings is 1. The van der Waals surface area contributed by atoms with Crippen LogP contribution < -0.4 is 9.47 Å². The van der Waals surface area contributed by atoms with Crippen molar-refractivity contribution in [3.05, 3.63) is 53.3 Å². The van der Waals surface area contributed by atoms with E-state index in [1.807, 2.05) is 12.4 Å². The zero-order valence-corrected chi connectivity index (χ0v) is 13.4. The number of hydrogen-bond acceptors (Lipinski definition) is 4. The molecule has 0 aliphatic carbocycles. The van der Waals surface area contributed by atoms with Crippen molar-refractivity contribution in [3.8, 4) is 11.5 Å². The zero-order chi connectivity index (χ0) is 15.5. The van der Waals surface area contributed by atoms with Gasteiger partial charge in [0.25, 0.3) is 0 Å². The predicted molar refractivity (Wildman–Crippen MR) is 86.3 cm³/mol. The number of rotatable bonds is 4. The van der Waals surface area contributed by atoms with Crippen molar-refractivity contribution in [2.75, 3.05) is 20.8 Å². The van der Waals surface area contributed by atoms with Crippen LogP contribution in [0.15, 0.2) is 36.7 Å². The first-order valence-electron chi connectivity index (χ1n) is 7.60. The molecule has 0 saturated carbocycles. The molecule has 0 saturated heterocycles. The van der Waals surface area contributed by atoms with Gasteiger partial charge in [-0.25, -0.2) is 0 Å². The van der Waals surface area contributed by atoms with E-state index in [-0.39, 0.29) is 0 Å². The Bertz CT molecular complexity index is 643. The molecule has 0 spiro atoms. The number of nitrogens with zero attached hydrogens (tertiary/aromatic N) is 2. The second kappa shape index (κ2) is 6.36. The van der Waals surface area contributed by atoms with Crippen LogP contribution in [0.3, 0.4) is 0 Å².